The van der Waals surface area contributed by atoms with E-state index in [1.54, 1.807) is 0 Å². The molecule has 1 aliphatic carbocycles. The monoisotopic (exact) mass is 724 g/mol. The minimum atomic E-state index is -0.497. The summed E-state index contributed by atoms with van der Waals surface area (Å²) in [5, 5.41) is 1.36. The maximum absolute atomic E-state index is 12.5. The van der Waals surface area contributed by atoms with Crippen molar-refractivity contribution in [3.63, 3.8) is 0 Å². The minimum absolute atomic E-state index is 0.0483. The van der Waals surface area contributed by atoms with Crippen LogP contribution < -0.4 is 0 Å². The largest absolute Gasteiger partial charge is 0.464 e. The van der Waals surface area contributed by atoms with Crippen LogP contribution in [0.25, 0.3) is 0 Å². The van der Waals surface area contributed by atoms with Gasteiger partial charge in [-0.15, -0.1) is 0 Å². The molecule has 1 rings (SSSR count). The molecular weight excluding hydrogens is 712 g/mol. The summed E-state index contributed by atoms with van der Waals surface area (Å²) >= 11 is 20.6. The van der Waals surface area contributed by atoms with Crippen LogP contribution in [0.2, 0.25) is 0 Å². The van der Waals surface area contributed by atoms with E-state index in [9.17, 15) is 9.59 Å². The van der Waals surface area contributed by atoms with Gasteiger partial charge in [-0.25, -0.2) is 0 Å². The zero-order valence-corrected chi connectivity index (χ0v) is 22.1. The average molecular weight is 730 g/mol. The molecule has 0 amide bonds. The van der Waals surface area contributed by atoms with Crippen molar-refractivity contribution in [3.05, 3.63) is 0 Å². The Kier molecular flexibility index (Phi) is 12.2. The third-order valence-electron chi connectivity index (χ3n) is 3.59. The molecule has 4 nitrogen and oxygen atoms in total. The first-order valence-corrected chi connectivity index (χ1v) is 13.2. The Morgan fingerprint density at radius 2 is 1.17 bits per heavy atom. The zero-order valence-electron chi connectivity index (χ0n) is 12.6. The summed E-state index contributed by atoms with van der Waals surface area (Å²) < 4.78 is 10.7. The van der Waals surface area contributed by atoms with Gasteiger partial charge in [-0.05, 0) is 12.8 Å². The van der Waals surface area contributed by atoms with Crippen molar-refractivity contribution in [1.29, 1.82) is 0 Å². The Bertz CT molecular complexity index is 386. The van der Waals surface area contributed by atoms with Gasteiger partial charge < -0.3 is 9.47 Å². The lowest BCUT2D eigenvalue weighted by molar-refractivity contribution is -0.162. The van der Waals surface area contributed by atoms with E-state index in [0.717, 1.165) is 0 Å². The Labute approximate surface area is 192 Å². The van der Waals surface area contributed by atoms with E-state index in [4.69, 9.17) is 9.47 Å². The normalized spacial score (nSPS) is 29.6. The van der Waals surface area contributed by atoms with Gasteiger partial charge in [0.25, 0.3) is 0 Å². The molecule has 0 spiro atoms. The van der Waals surface area contributed by atoms with Crippen molar-refractivity contribution in [3.8, 4) is 0 Å². The highest BCUT2D eigenvalue weighted by atomic mass is 79.9. The van der Waals surface area contributed by atoms with Crippen LogP contribution in [0.3, 0.4) is 0 Å². The van der Waals surface area contributed by atoms with Gasteiger partial charge >= 0.3 is 11.9 Å². The fourth-order valence-corrected chi connectivity index (χ4v) is 4.15. The van der Waals surface area contributed by atoms with Crippen molar-refractivity contribution in [2.45, 2.75) is 32.2 Å². The molecule has 0 saturated heterocycles. The van der Waals surface area contributed by atoms with Crippen molar-refractivity contribution >= 4 is 108 Å². The number of hydrogen-bond acceptors (Lipinski definition) is 4. The van der Waals surface area contributed by atoms with Crippen molar-refractivity contribution < 1.29 is 19.1 Å². The summed E-state index contributed by atoms with van der Waals surface area (Å²) in [7, 11) is 0. The summed E-state index contributed by atoms with van der Waals surface area (Å²) in [4.78, 5) is 25.2. The van der Waals surface area contributed by atoms with E-state index in [0.29, 0.717) is 23.5 Å². The second-order valence-electron chi connectivity index (χ2n) is 5.48. The molecule has 0 aliphatic heterocycles. The van der Waals surface area contributed by atoms with Gasteiger partial charge in [-0.3, -0.25) is 9.59 Å². The van der Waals surface area contributed by atoms with Crippen LogP contribution in [-0.2, 0) is 19.1 Å². The van der Waals surface area contributed by atoms with Gasteiger partial charge in [0.05, 0.1) is 21.5 Å². The van der Waals surface area contributed by atoms with E-state index >= 15 is 0 Å². The molecule has 6 unspecified atom stereocenters. The molecule has 6 atom stereocenters. The lowest BCUT2D eigenvalue weighted by Crippen LogP contribution is -2.42. The predicted molar refractivity (Wildman–Crippen MR) is 117 cm³/mol. The summed E-state index contributed by atoms with van der Waals surface area (Å²) in [5.74, 6) is -1.68. The van der Waals surface area contributed by atoms with Crippen LogP contribution in [-0.4, -0.2) is 55.1 Å². The van der Waals surface area contributed by atoms with Gasteiger partial charge in [0.1, 0.15) is 13.2 Å². The van der Waals surface area contributed by atoms with Gasteiger partial charge in [-0.2, -0.15) is 0 Å². The Balaban J connectivity index is 2.72. The number of esters is 2. The molecule has 10 heteroatoms. The highest BCUT2D eigenvalue weighted by Gasteiger charge is 2.44. The van der Waals surface area contributed by atoms with Gasteiger partial charge in [0.2, 0.25) is 0 Å². The highest BCUT2D eigenvalue weighted by Crippen LogP contribution is 2.39. The Morgan fingerprint density at radius 3 is 1.46 bits per heavy atom. The molecule has 0 bridgehead atoms. The van der Waals surface area contributed by atoms with Crippen LogP contribution in [0.1, 0.15) is 12.8 Å². The molecule has 140 valence electrons. The van der Waals surface area contributed by atoms with E-state index in [1.807, 2.05) is 0 Å². The quantitative estimate of drug-likeness (QED) is 0.263. The molecule has 24 heavy (non-hydrogen) atoms. The third-order valence-corrected chi connectivity index (χ3v) is 10.8. The molecule has 0 aromatic carbocycles. The number of rotatable bonds is 8. The number of alkyl halides is 6. The van der Waals surface area contributed by atoms with Gasteiger partial charge in [-0.1, -0.05) is 95.6 Å². The average Bonchev–Trinajstić information content (AvgIpc) is 2.58. The van der Waals surface area contributed by atoms with Crippen molar-refractivity contribution in [2.75, 3.05) is 23.9 Å². The van der Waals surface area contributed by atoms with Crippen molar-refractivity contribution in [2.24, 2.45) is 11.8 Å². The fourth-order valence-electron chi connectivity index (χ4n) is 2.28. The summed E-state index contributed by atoms with van der Waals surface area (Å²) in [6.45, 7) is 0.528. The first-order valence-electron chi connectivity index (χ1n) is 7.31. The van der Waals surface area contributed by atoms with E-state index < -0.39 is 11.8 Å². The second-order valence-corrected chi connectivity index (χ2v) is 11.7. The number of halogens is 6. The van der Waals surface area contributed by atoms with E-state index in [1.165, 1.54) is 0 Å². The zero-order chi connectivity index (χ0) is 18.3. The minimum Gasteiger partial charge on any atom is -0.464 e. The first-order chi connectivity index (χ1) is 11.3. The van der Waals surface area contributed by atoms with Crippen molar-refractivity contribution in [1.82, 2.24) is 0 Å². The maximum atomic E-state index is 12.5. The smallest absolute Gasteiger partial charge is 0.309 e. The van der Waals surface area contributed by atoms with E-state index in [2.05, 4.69) is 95.6 Å². The number of carbonyl (C=O) groups excluding carboxylic acids is 2. The SMILES string of the molecule is O=C(OCC(Br)CBr)C1CC(Br)C(Br)CC1C(=O)OCC(Br)CBr. The number of ether oxygens (including phenoxy) is 2. The molecule has 0 aromatic rings. The molecule has 1 saturated carbocycles. The first kappa shape index (κ1) is 23.9. The Hall–Kier alpha value is 1.82. The predicted octanol–water partition coefficient (Wildman–Crippen LogP) is 4.94. The van der Waals surface area contributed by atoms with E-state index in [-0.39, 0.29) is 44.5 Å². The standard InChI is InChI=1S/C14H18Br6O4/c15-3-7(17)5-23-13(21)9-1-11(19)12(20)2-10(9)14(22)24-6-8(18)4-16/h7-12H,1-6H2. The molecular formula is C14H18Br6O4. The van der Waals surface area contributed by atoms with Crippen LogP contribution in [0.4, 0.5) is 0 Å². The fraction of sp³-hybridized carbons (Fsp3) is 0.857. The lowest BCUT2D eigenvalue weighted by Gasteiger charge is -2.34. The van der Waals surface area contributed by atoms with Crippen LogP contribution in [0.15, 0.2) is 0 Å². The summed E-state index contributed by atoms with van der Waals surface area (Å²) in [5.41, 5.74) is 0. The lowest BCUT2D eigenvalue weighted by atomic mass is 9.79. The second kappa shape index (κ2) is 12.3. The van der Waals surface area contributed by atoms with Gasteiger partial charge in [0.15, 0.2) is 0 Å². The van der Waals surface area contributed by atoms with Crippen LogP contribution in [0, 0.1) is 11.8 Å². The topological polar surface area (TPSA) is 52.6 Å². The molecule has 0 heterocycles. The molecule has 0 aromatic heterocycles. The Morgan fingerprint density at radius 1 is 0.833 bits per heavy atom. The van der Waals surface area contributed by atoms with Crippen LogP contribution in [0.5, 0.6) is 0 Å². The van der Waals surface area contributed by atoms with Crippen LogP contribution >= 0.6 is 95.6 Å². The highest BCUT2D eigenvalue weighted by molar-refractivity contribution is 9.12. The number of carbonyl (C=O) groups is 2. The summed E-state index contributed by atoms with van der Waals surface area (Å²) in [6, 6.07) is 0. The molecule has 0 N–H and O–H groups in total. The van der Waals surface area contributed by atoms with Gasteiger partial charge in [0, 0.05) is 20.3 Å². The number of hydrogen-bond donors (Lipinski definition) is 0. The summed E-state index contributed by atoms with van der Waals surface area (Å²) in [6.07, 6.45) is 1.07. The molecule has 0 radical (unpaired) electrons. The third kappa shape index (κ3) is 7.82. The maximum Gasteiger partial charge on any atom is 0.309 e. The molecule has 1 fully saturated rings. The molecule has 1 aliphatic rings.